The number of rotatable bonds is 4. The van der Waals surface area contributed by atoms with Crippen LogP contribution in [0.25, 0.3) is 27.6 Å². The maximum Gasteiger partial charge on any atom is 0.135 e. The zero-order valence-corrected chi connectivity index (χ0v) is 20.0. The molecule has 0 aliphatic carbocycles. The molecule has 0 fully saturated rings. The molecule has 0 unspecified atom stereocenters. The summed E-state index contributed by atoms with van der Waals surface area (Å²) < 4.78 is 8.30. The van der Waals surface area contributed by atoms with Gasteiger partial charge in [-0.2, -0.15) is 18.8 Å². The first-order valence-electron chi connectivity index (χ1n) is 10.4. The van der Waals surface area contributed by atoms with Crippen molar-refractivity contribution in [3.63, 3.8) is 0 Å². The molecule has 0 saturated carbocycles. The van der Waals surface area contributed by atoms with Crippen molar-refractivity contribution in [3.05, 3.63) is 110 Å². The van der Waals surface area contributed by atoms with Gasteiger partial charge >= 0.3 is 0 Å². The summed E-state index contributed by atoms with van der Waals surface area (Å²) in [7, 11) is 1.99. The molecule has 0 N–H and O–H groups in total. The molecule has 5 aromatic rings. The maximum absolute atomic E-state index is 6.18. The molecule has 5 nitrogen and oxygen atoms in total. The van der Waals surface area contributed by atoms with Crippen LogP contribution in [0.15, 0.2) is 91.4 Å². The van der Waals surface area contributed by atoms with E-state index < -0.39 is 0 Å². The first-order chi connectivity index (χ1) is 15.8. The third-order valence-corrected chi connectivity index (χ3v) is 5.46. The number of aromatic nitrogens is 2. The van der Waals surface area contributed by atoms with Crippen molar-refractivity contribution in [2.24, 2.45) is 0 Å². The van der Waals surface area contributed by atoms with Crippen LogP contribution in [0.4, 0.5) is 5.69 Å². The van der Waals surface area contributed by atoms with E-state index >= 15 is 0 Å². The molecule has 166 valence electrons. The Labute approximate surface area is 206 Å². The molecule has 0 bridgehead atoms. The van der Waals surface area contributed by atoms with Gasteiger partial charge in [0.2, 0.25) is 0 Å². The zero-order valence-electron chi connectivity index (χ0n) is 17.8. The number of benzene rings is 3. The largest absolute Gasteiger partial charge is 0.510 e. The first-order valence-corrected chi connectivity index (χ1v) is 10.4. The van der Waals surface area contributed by atoms with Crippen LogP contribution in [0.3, 0.4) is 0 Å². The Morgan fingerprint density at radius 2 is 1.67 bits per heavy atom. The topological polar surface area (TPSA) is 33.5 Å². The van der Waals surface area contributed by atoms with E-state index in [1.807, 2.05) is 84.4 Å². The molecule has 0 amide bonds. The second-order valence-corrected chi connectivity index (χ2v) is 7.61. The molecular weight excluding hydrogens is 591 g/mol. The van der Waals surface area contributed by atoms with Gasteiger partial charge in [-0.05, 0) is 43.0 Å². The number of nitrogens with zero attached hydrogens (tertiary/aromatic N) is 4. The Morgan fingerprint density at radius 1 is 0.818 bits per heavy atom. The van der Waals surface area contributed by atoms with E-state index in [2.05, 4.69) is 45.9 Å². The second-order valence-electron chi connectivity index (χ2n) is 7.61. The van der Waals surface area contributed by atoms with Gasteiger partial charge < -0.3 is 19.1 Å². The molecule has 0 spiro atoms. The van der Waals surface area contributed by atoms with E-state index in [-0.39, 0.29) is 21.1 Å². The molecule has 6 heteroatoms. The normalized spacial score (nSPS) is 13.0. The van der Waals surface area contributed by atoms with Crippen LogP contribution in [0.2, 0.25) is 0 Å². The van der Waals surface area contributed by atoms with Gasteiger partial charge in [-0.3, -0.25) is 0 Å². The summed E-state index contributed by atoms with van der Waals surface area (Å²) in [5.41, 5.74) is 2.92. The fourth-order valence-electron chi connectivity index (χ4n) is 4.02. The molecule has 0 saturated heterocycles. The fraction of sp³-hybridized carbons (Fsp3) is 0.0370. The Balaban J connectivity index is 0.00000228. The number of hydrogen-bond acceptors (Lipinski definition) is 4. The number of pyridine rings is 1. The Bertz CT molecular complexity index is 1460. The van der Waals surface area contributed by atoms with E-state index in [0.29, 0.717) is 11.5 Å². The smallest absolute Gasteiger partial charge is 0.135 e. The van der Waals surface area contributed by atoms with Gasteiger partial charge in [-0.15, -0.1) is 41.4 Å². The summed E-state index contributed by atoms with van der Waals surface area (Å²) in [6, 6.07) is 30.9. The average Bonchev–Trinajstić information content (AvgIpc) is 3.41. The molecule has 2 aromatic heterocycles. The number of hydrogen-bond donors (Lipinski definition) is 0. The Morgan fingerprint density at radius 3 is 2.48 bits per heavy atom. The predicted molar refractivity (Wildman–Crippen MR) is 126 cm³/mol. The van der Waals surface area contributed by atoms with Gasteiger partial charge in [0.1, 0.15) is 5.82 Å². The van der Waals surface area contributed by atoms with Gasteiger partial charge in [-0.1, -0.05) is 29.8 Å². The number of fused-ring (bicyclic) bond motifs is 3. The molecule has 3 aromatic carbocycles. The predicted octanol–water partition coefficient (Wildman–Crippen LogP) is 5.91. The van der Waals surface area contributed by atoms with Gasteiger partial charge in [0, 0.05) is 44.3 Å². The van der Waals surface area contributed by atoms with Crippen LogP contribution in [0.5, 0.6) is 11.5 Å². The molecular formula is C27H19N4OPt-3. The quantitative estimate of drug-likeness (QED) is 0.237. The molecule has 1 aliphatic rings. The minimum Gasteiger partial charge on any atom is -0.510 e. The van der Waals surface area contributed by atoms with Crippen LogP contribution in [-0.4, -0.2) is 21.5 Å². The van der Waals surface area contributed by atoms with Gasteiger partial charge in [0.05, 0.1) is 0 Å². The van der Waals surface area contributed by atoms with Gasteiger partial charge in [0.25, 0.3) is 0 Å². The molecule has 6 rings (SSSR count). The van der Waals surface area contributed by atoms with Crippen molar-refractivity contribution in [2.45, 2.75) is 0 Å². The number of ether oxygens (including phenoxy) is 1. The van der Waals surface area contributed by atoms with Crippen molar-refractivity contribution in [1.82, 2.24) is 14.5 Å². The van der Waals surface area contributed by atoms with E-state index in [0.717, 1.165) is 33.3 Å². The third-order valence-electron chi connectivity index (χ3n) is 5.46. The minimum atomic E-state index is 0. The first kappa shape index (κ1) is 21.3. The van der Waals surface area contributed by atoms with Crippen LogP contribution in [-0.2, 0) is 21.1 Å². The second kappa shape index (κ2) is 8.76. The van der Waals surface area contributed by atoms with E-state index in [1.54, 1.807) is 6.20 Å². The van der Waals surface area contributed by atoms with E-state index in [4.69, 9.17) is 4.74 Å². The summed E-state index contributed by atoms with van der Waals surface area (Å²) >= 11 is 0. The molecule has 1 aliphatic heterocycles. The third kappa shape index (κ3) is 3.90. The zero-order chi connectivity index (χ0) is 21.5. The van der Waals surface area contributed by atoms with Crippen molar-refractivity contribution in [1.29, 1.82) is 0 Å². The minimum absolute atomic E-state index is 0. The summed E-state index contributed by atoms with van der Waals surface area (Å²) in [5, 5.41) is 2.26. The van der Waals surface area contributed by atoms with Crippen LogP contribution in [0, 0.1) is 18.8 Å². The Hall–Kier alpha value is -3.56. The van der Waals surface area contributed by atoms with Crippen molar-refractivity contribution < 1.29 is 25.8 Å². The summed E-state index contributed by atoms with van der Waals surface area (Å²) in [5.74, 6) is 2.11. The van der Waals surface area contributed by atoms with Crippen molar-refractivity contribution >= 4 is 27.5 Å². The van der Waals surface area contributed by atoms with Gasteiger partial charge in [-0.25, -0.2) is 4.98 Å². The van der Waals surface area contributed by atoms with Crippen molar-refractivity contribution in [2.75, 3.05) is 11.9 Å². The number of para-hydroxylation sites is 1. The SMILES string of the molecule is CN1C=CN(c2[c-]c(Oc3[c-]c4c(cc3)c3ccccc3n4-c3ccccn3)ccc2)[CH-]1.[Pt]. The number of anilines is 1. The standard InChI is InChI=1S/C27H19N4O.Pt/c1-29-15-16-30(19-29)20-7-6-8-21(17-20)32-22-12-13-24-23-9-2-3-10-25(23)31(26(24)18-22)27-11-4-5-14-28-27;/h2-16,19H,1H3;/q-3;. The summed E-state index contributed by atoms with van der Waals surface area (Å²) in [6.07, 6.45) is 5.77. The van der Waals surface area contributed by atoms with Crippen molar-refractivity contribution in [3.8, 4) is 17.3 Å². The Kier molecular flexibility index (Phi) is 5.65. The van der Waals surface area contributed by atoms with Crippen LogP contribution in [0.1, 0.15) is 0 Å². The van der Waals surface area contributed by atoms with Crippen LogP contribution < -0.4 is 9.64 Å². The molecule has 3 heterocycles. The maximum atomic E-state index is 6.18. The summed E-state index contributed by atoms with van der Waals surface area (Å²) in [4.78, 5) is 8.56. The monoisotopic (exact) mass is 610 g/mol. The van der Waals surface area contributed by atoms with Gasteiger partial charge in [0.15, 0.2) is 0 Å². The molecule has 0 radical (unpaired) electrons. The van der Waals surface area contributed by atoms with E-state index in [1.165, 1.54) is 0 Å². The van der Waals surface area contributed by atoms with Crippen LogP contribution >= 0.6 is 0 Å². The average molecular weight is 611 g/mol. The molecule has 0 atom stereocenters. The molecule has 33 heavy (non-hydrogen) atoms. The summed E-state index contributed by atoms with van der Waals surface area (Å²) in [6.45, 7) is 1.99. The fourth-order valence-corrected chi connectivity index (χ4v) is 4.02. The van der Waals surface area contributed by atoms with E-state index in [9.17, 15) is 0 Å².